The Morgan fingerprint density at radius 1 is 1.27 bits per heavy atom. The smallest absolute Gasteiger partial charge is 0.336 e. The molecule has 0 atom stereocenters. The molecule has 1 aromatic carbocycles. The molecule has 8 heteroatoms. The molecule has 1 saturated heterocycles. The molecule has 0 saturated carbocycles. The number of urea groups is 1. The second kappa shape index (κ2) is 8.02. The zero-order valence-corrected chi connectivity index (χ0v) is 13.9. The lowest BCUT2D eigenvalue weighted by Gasteiger charge is -2.13. The van der Waals surface area contributed by atoms with Crippen LogP contribution < -0.4 is 20.9 Å². The first-order valence-electron chi connectivity index (χ1n) is 8.05. The van der Waals surface area contributed by atoms with Crippen LogP contribution in [-0.4, -0.2) is 35.0 Å². The maximum Gasteiger partial charge on any atom is 0.336 e. The highest BCUT2D eigenvalue weighted by Gasteiger charge is 2.20. The van der Waals surface area contributed by atoms with E-state index in [2.05, 4.69) is 15.7 Å². The number of benzene rings is 1. The Balaban J connectivity index is 1.57. The van der Waals surface area contributed by atoms with Gasteiger partial charge in [0.15, 0.2) is 5.75 Å². The topological polar surface area (TPSA) is 104 Å². The summed E-state index contributed by atoms with van der Waals surface area (Å²) in [5.74, 6) is -0.267. The van der Waals surface area contributed by atoms with E-state index in [0.29, 0.717) is 25.4 Å². The number of hydrogen-bond acceptors (Lipinski definition) is 4. The van der Waals surface area contributed by atoms with Gasteiger partial charge in [-0.05, 0) is 11.6 Å². The number of hydrogen-bond donors (Lipinski definition) is 3. The van der Waals surface area contributed by atoms with Crippen molar-refractivity contribution in [1.29, 1.82) is 0 Å². The normalized spacial score (nSPS) is 13.7. The van der Waals surface area contributed by atoms with Gasteiger partial charge in [0.05, 0.1) is 6.54 Å². The van der Waals surface area contributed by atoms with E-state index in [4.69, 9.17) is 4.74 Å². The first-order valence-corrected chi connectivity index (χ1v) is 8.05. The first kappa shape index (κ1) is 17.3. The number of carbonyl (C=O) groups is 2. The molecule has 3 amide bonds. The third-order valence-electron chi connectivity index (χ3n) is 3.65. The van der Waals surface area contributed by atoms with Crippen molar-refractivity contribution in [2.75, 3.05) is 13.1 Å². The molecule has 0 radical (unpaired) electrons. The Labute approximate surface area is 149 Å². The van der Waals surface area contributed by atoms with E-state index in [1.54, 1.807) is 0 Å². The van der Waals surface area contributed by atoms with Crippen LogP contribution in [0.25, 0.3) is 6.08 Å². The van der Waals surface area contributed by atoms with Gasteiger partial charge >= 0.3 is 6.03 Å². The number of aromatic amines is 1. The molecule has 3 rings (SSSR count). The van der Waals surface area contributed by atoms with E-state index in [0.717, 1.165) is 5.56 Å². The van der Waals surface area contributed by atoms with Gasteiger partial charge in [0.2, 0.25) is 5.43 Å². The van der Waals surface area contributed by atoms with Crippen molar-refractivity contribution in [3.63, 3.8) is 0 Å². The molecule has 2 aromatic rings. The Kier molecular flexibility index (Phi) is 5.33. The molecule has 3 N–H and O–H groups in total. The van der Waals surface area contributed by atoms with Gasteiger partial charge in [-0.2, -0.15) is 0 Å². The van der Waals surface area contributed by atoms with Crippen LogP contribution in [0.15, 0.2) is 53.5 Å². The molecule has 1 fully saturated rings. The number of amides is 3. The van der Waals surface area contributed by atoms with Gasteiger partial charge in [0.25, 0.3) is 5.91 Å². The predicted molar refractivity (Wildman–Crippen MR) is 95.1 cm³/mol. The summed E-state index contributed by atoms with van der Waals surface area (Å²) in [6.45, 7) is 1.18. The van der Waals surface area contributed by atoms with Gasteiger partial charge in [-0.3, -0.25) is 15.0 Å². The summed E-state index contributed by atoms with van der Waals surface area (Å²) in [6.07, 6.45) is 4.14. The van der Waals surface area contributed by atoms with E-state index >= 15 is 0 Å². The molecular formula is C18H18N4O4. The van der Waals surface area contributed by atoms with Crippen molar-refractivity contribution in [1.82, 2.24) is 20.7 Å². The van der Waals surface area contributed by atoms with Crippen molar-refractivity contribution in [2.45, 2.75) is 6.61 Å². The van der Waals surface area contributed by atoms with Gasteiger partial charge in [0, 0.05) is 30.6 Å². The van der Waals surface area contributed by atoms with Crippen LogP contribution in [0.1, 0.15) is 11.3 Å². The number of aromatic nitrogens is 1. The Morgan fingerprint density at radius 3 is 2.77 bits per heavy atom. The number of rotatable bonds is 6. The molecule has 0 unspecified atom stereocenters. The largest absolute Gasteiger partial charge is 0.483 e. The highest BCUT2D eigenvalue weighted by Crippen LogP contribution is 2.07. The zero-order valence-electron chi connectivity index (χ0n) is 13.9. The van der Waals surface area contributed by atoms with E-state index in [1.807, 2.05) is 30.3 Å². The molecule has 134 valence electrons. The maximum atomic E-state index is 12.1. The number of pyridine rings is 1. The second-order valence-corrected chi connectivity index (χ2v) is 5.58. The minimum Gasteiger partial charge on any atom is -0.483 e. The SMILES string of the molecule is O=C(C=Cc1cc(=O)c(OCc2ccccc2)c[nH]1)NN1CCNC1=O. The van der Waals surface area contributed by atoms with E-state index < -0.39 is 5.91 Å². The van der Waals surface area contributed by atoms with E-state index in [-0.39, 0.29) is 17.2 Å². The molecule has 0 spiro atoms. The summed E-state index contributed by atoms with van der Waals surface area (Å²) in [7, 11) is 0. The van der Waals surface area contributed by atoms with Crippen molar-refractivity contribution in [3.8, 4) is 5.75 Å². The summed E-state index contributed by atoms with van der Waals surface area (Å²) in [5.41, 5.74) is 3.55. The van der Waals surface area contributed by atoms with Crippen molar-refractivity contribution >= 4 is 18.0 Å². The number of hydrazine groups is 1. The van der Waals surface area contributed by atoms with Crippen LogP contribution in [0.2, 0.25) is 0 Å². The van der Waals surface area contributed by atoms with Crippen LogP contribution in [0, 0.1) is 0 Å². The summed E-state index contributed by atoms with van der Waals surface area (Å²) < 4.78 is 5.51. The Bertz CT molecular complexity index is 876. The predicted octanol–water partition coefficient (Wildman–Crippen LogP) is 1.02. The highest BCUT2D eigenvalue weighted by atomic mass is 16.5. The van der Waals surface area contributed by atoms with Crippen LogP contribution in [0.5, 0.6) is 5.75 Å². The van der Waals surface area contributed by atoms with Gasteiger partial charge in [-0.25, -0.2) is 9.80 Å². The molecule has 26 heavy (non-hydrogen) atoms. The summed E-state index contributed by atoms with van der Waals surface area (Å²) in [5, 5.41) is 3.76. The van der Waals surface area contributed by atoms with Crippen LogP contribution in [0.4, 0.5) is 4.79 Å². The van der Waals surface area contributed by atoms with E-state index in [1.165, 1.54) is 29.4 Å². The lowest BCUT2D eigenvalue weighted by Crippen LogP contribution is -2.43. The fourth-order valence-electron chi connectivity index (χ4n) is 2.33. The molecular weight excluding hydrogens is 336 g/mol. The summed E-state index contributed by atoms with van der Waals surface area (Å²) in [6, 6.07) is 10.5. The van der Waals surface area contributed by atoms with Gasteiger partial charge in [-0.15, -0.1) is 0 Å². The van der Waals surface area contributed by atoms with Gasteiger partial charge in [-0.1, -0.05) is 30.3 Å². The average Bonchev–Trinajstić information content (AvgIpc) is 3.04. The fraction of sp³-hybridized carbons (Fsp3) is 0.167. The molecule has 0 bridgehead atoms. The minimum atomic E-state index is -0.465. The zero-order chi connectivity index (χ0) is 18.4. The first-order chi connectivity index (χ1) is 12.6. The number of carbonyl (C=O) groups excluding carboxylic acids is 2. The molecule has 1 aliphatic rings. The number of ether oxygens (including phenoxy) is 1. The quantitative estimate of drug-likeness (QED) is 0.674. The molecule has 1 aromatic heterocycles. The van der Waals surface area contributed by atoms with Crippen molar-refractivity contribution in [3.05, 3.63) is 70.2 Å². The fourth-order valence-corrected chi connectivity index (χ4v) is 2.33. The second-order valence-electron chi connectivity index (χ2n) is 5.58. The molecule has 2 heterocycles. The van der Waals surface area contributed by atoms with Gasteiger partial charge < -0.3 is 15.0 Å². The average molecular weight is 354 g/mol. The molecule has 8 nitrogen and oxygen atoms in total. The van der Waals surface area contributed by atoms with Gasteiger partial charge in [0.1, 0.15) is 6.61 Å². The summed E-state index contributed by atoms with van der Waals surface area (Å²) >= 11 is 0. The third-order valence-corrected chi connectivity index (χ3v) is 3.65. The standard InChI is InChI=1S/C18H18N4O4/c23-15-10-14(6-7-17(24)21-22-9-8-19-18(22)25)20-11-16(15)26-12-13-4-2-1-3-5-13/h1-7,10-11H,8-9,12H2,(H,19,25)(H,20,23)(H,21,24). The maximum absolute atomic E-state index is 12.1. The van der Waals surface area contributed by atoms with Crippen molar-refractivity contribution in [2.24, 2.45) is 0 Å². The molecule has 0 aliphatic carbocycles. The molecule has 1 aliphatic heterocycles. The Hall–Kier alpha value is -3.55. The van der Waals surface area contributed by atoms with Crippen LogP contribution >= 0.6 is 0 Å². The van der Waals surface area contributed by atoms with E-state index in [9.17, 15) is 14.4 Å². The lowest BCUT2D eigenvalue weighted by atomic mass is 10.2. The van der Waals surface area contributed by atoms with Crippen LogP contribution in [0.3, 0.4) is 0 Å². The third kappa shape index (κ3) is 4.50. The Morgan fingerprint density at radius 2 is 2.08 bits per heavy atom. The number of nitrogens with one attached hydrogen (secondary N) is 3. The summed E-state index contributed by atoms with van der Waals surface area (Å²) in [4.78, 5) is 38.1. The number of nitrogens with zero attached hydrogens (tertiary/aromatic N) is 1. The monoisotopic (exact) mass is 354 g/mol. The lowest BCUT2D eigenvalue weighted by molar-refractivity contribution is -0.119. The van der Waals surface area contributed by atoms with Crippen LogP contribution in [-0.2, 0) is 11.4 Å². The highest BCUT2D eigenvalue weighted by molar-refractivity contribution is 5.93. The number of H-pyrrole nitrogens is 1. The minimum absolute atomic E-state index is 0.198. The van der Waals surface area contributed by atoms with Crippen molar-refractivity contribution < 1.29 is 14.3 Å².